The molecule has 0 aromatic heterocycles. The highest BCUT2D eigenvalue weighted by Crippen LogP contribution is 2.26. The minimum absolute atomic E-state index is 0.105. The summed E-state index contributed by atoms with van der Waals surface area (Å²) in [6.07, 6.45) is 3.38. The van der Waals surface area contributed by atoms with Crippen molar-refractivity contribution < 1.29 is 9.59 Å². The van der Waals surface area contributed by atoms with E-state index in [4.69, 9.17) is 0 Å². The Balaban J connectivity index is 1.67. The van der Waals surface area contributed by atoms with Crippen LogP contribution in [0.15, 0.2) is 60.7 Å². The quantitative estimate of drug-likeness (QED) is 0.860. The van der Waals surface area contributed by atoms with Gasteiger partial charge >= 0.3 is 0 Å². The van der Waals surface area contributed by atoms with Crippen molar-refractivity contribution in [1.82, 2.24) is 4.90 Å². The van der Waals surface area contributed by atoms with Gasteiger partial charge in [-0.25, -0.2) is 0 Å². The zero-order valence-corrected chi connectivity index (χ0v) is 13.6. The molecular weight excluding hydrogens is 300 g/mol. The topological polar surface area (TPSA) is 49.4 Å². The number of piperidine rings is 1. The highest BCUT2D eigenvalue weighted by Gasteiger charge is 2.32. The number of hydrogen-bond donors (Lipinski definition) is 1. The maximum absolute atomic E-state index is 12.6. The average Bonchev–Trinajstić information content (AvgIpc) is 2.63. The van der Waals surface area contributed by atoms with Gasteiger partial charge in [-0.1, -0.05) is 48.5 Å². The van der Waals surface area contributed by atoms with Crippen molar-refractivity contribution in [2.45, 2.75) is 25.3 Å². The molecule has 1 heterocycles. The molecule has 1 aliphatic heterocycles. The van der Waals surface area contributed by atoms with Crippen molar-refractivity contribution in [3.63, 3.8) is 0 Å². The minimum Gasteiger partial charge on any atom is -0.333 e. The number of amides is 2. The standard InChI is InChI=1S/C20H22N2O2/c23-15-22-12-11-17(13-16-7-3-1-4-8-16)14-19(22)20(24)21-18-9-5-2-6-10-18/h1-10,15,17,19H,11-14H2,(H,21,24)/t17?,19-/m0/s1. The molecule has 4 nitrogen and oxygen atoms in total. The van der Waals surface area contributed by atoms with E-state index in [0.717, 1.165) is 24.9 Å². The van der Waals surface area contributed by atoms with Gasteiger partial charge in [-0.15, -0.1) is 0 Å². The first-order valence-corrected chi connectivity index (χ1v) is 8.37. The number of para-hydroxylation sites is 1. The van der Waals surface area contributed by atoms with Crippen molar-refractivity contribution in [2.24, 2.45) is 5.92 Å². The van der Waals surface area contributed by atoms with E-state index in [1.54, 1.807) is 4.90 Å². The lowest BCUT2D eigenvalue weighted by atomic mass is 9.86. The molecule has 2 aromatic rings. The van der Waals surface area contributed by atoms with Crippen LogP contribution in [0.5, 0.6) is 0 Å². The van der Waals surface area contributed by atoms with Crippen molar-refractivity contribution in [3.8, 4) is 0 Å². The summed E-state index contributed by atoms with van der Waals surface area (Å²) in [4.78, 5) is 25.6. The van der Waals surface area contributed by atoms with Crippen LogP contribution < -0.4 is 5.32 Å². The molecule has 1 N–H and O–H groups in total. The maximum Gasteiger partial charge on any atom is 0.247 e. The summed E-state index contributed by atoms with van der Waals surface area (Å²) in [7, 11) is 0. The third-order valence-corrected chi connectivity index (χ3v) is 4.60. The van der Waals surface area contributed by atoms with E-state index < -0.39 is 6.04 Å². The molecule has 0 aliphatic carbocycles. The van der Waals surface area contributed by atoms with E-state index in [-0.39, 0.29) is 5.91 Å². The van der Waals surface area contributed by atoms with Gasteiger partial charge in [-0.05, 0) is 42.9 Å². The Kier molecular flexibility index (Phi) is 5.26. The van der Waals surface area contributed by atoms with E-state index in [2.05, 4.69) is 17.4 Å². The van der Waals surface area contributed by atoms with Crippen molar-refractivity contribution in [2.75, 3.05) is 11.9 Å². The molecule has 1 unspecified atom stereocenters. The first-order valence-electron chi connectivity index (χ1n) is 8.37. The minimum atomic E-state index is -0.398. The number of carbonyl (C=O) groups is 2. The molecule has 0 spiro atoms. The SMILES string of the molecule is O=CN1CCC(Cc2ccccc2)C[C@H]1C(=O)Nc1ccccc1. The fourth-order valence-corrected chi connectivity index (χ4v) is 3.32. The molecule has 124 valence electrons. The van der Waals surface area contributed by atoms with Crippen molar-refractivity contribution in [1.29, 1.82) is 0 Å². The molecule has 2 amide bonds. The Morgan fingerprint density at radius 1 is 1.08 bits per heavy atom. The summed E-state index contributed by atoms with van der Waals surface area (Å²) in [6.45, 7) is 0.633. The molecule has 2 aromatic carbocycles. The normalized spacial score (nSPS) is 20.4. The lowest BCUT2D eigenvalue weighted by Gasteiger charge is -2.36. The molecular formula is C20H22N2O2. The lowest BCUT2D eigenvalue weighted by Crippen LogP contribution is -2.48. The van der Waals surface area contributed by atoms with E-state index >= 15 is 0 Å². The largest absolute Gasteiger partial charge is 0.333 e. The smallest absolute Gasteiger partial charge is 0.247 e. The van der Waals surface area contributed by atoms with Crippen molar-refractivity contribution in [3.05, 3.63) is 66.2 Å². The van der Waals surface area contributed by atoms with Gasteiger partial charge in [0, 0.05) is 12.2 Å². The first-order chi connectivity index (χ1) is 11.8. The third-order valence-electron chi connectivity index (χ3n) is 4.60. The van der Waals surface area contributed by atoms with Gasteiger partial charge in [-0.2, -0.15) is 0 Å². The zero-order chi connectivity index (χ0) is 16.8. The van der Waals surface area contributed by atoms with Crippen LogP contribution in [0.1, 0.15) is 18.4 Å². The van der Waals surface area contributed by atoms with Gasteiger partial charge in [-0.3, -0.25) is 9.59 Å². The van der Waals surface area contributed by atoms with Gasteiger partial charge in [0.2, 0.25) is 12.3 Å². The van der Waals surface area contributed by atoms with E-state index in [9.17, 15) is 9.59 Å². The Labute approximate surface area is 142 Å². The molecule has 2 atom stereocenters. The molecule has 1 saturated heterocycles. The predicted octanol–water partition coefficient (Wildman–Crippen LogP) is 3.10. The number of nitrogens with zero attached hydrogens (tertiary/aromatic N) is 1. The van der Waals surface area contributed by atoms with Gasteiger partial charge in [0.25, 0.3) is 0 Å². The molecule has 4 heteroatoms. The molecule has 0 bridgehead atoms. The first kappa shape index (κ1) is 16.2. The van der Waals surface area contributed by atoms with Crippen LogP contribution >= 0.6 is 0 Å². The number of carbonyl (C=O) groups excluding carboxylic acids is 2. The highest BCUT2D eigenvalue weighted by atomic mass is 16.2. The third kappa shape index (κ3) is 4.02. The number of rotatable bonds is 5. The molecule has 0 saturated carbocycles. The van der Waals surface area contributed by atoms with E-state index in [0.29, 0.717) is 18.9 Å². The summed E-state index contributed by atoms with van der Waals surface area (Å²) in [5, 5.41) is 2.92. The van der Waals surface area contributed by atoms with Crippen LogP contribution in [0, 0.1) is 5.92 Å². The predicted molar refractivity (Wildman–Crippen MR) is 94.5 cm³/mol. The van der Waals surface area contributed by atoms with Crippen LogP contribution in [0.3, 0.4) is 0 Å². The zero-order valence-electron chi connectivity index (χ0n) is 13.6. The van der Waals surface area contributed by atoms with Crippen LogP contribution in [0.2, 0.25) is 0 Å². The van der Waals surface area contributed by atoms with Gasteiger partial charge in [0.1, 0.15) is 6.04 Å². The second-order valence-electron chi connectivity index (χ2n) is 6.29. The molecule has 24 heavy (non-hydrogen) atoms. The van der Waals surface area contributed by atoms with Gasteiger partial charge < -0.3 is 10.2 Å². The molecule has 1 fully saturated rings. The van der Waals surface area contributed by atoms with Crippen LogP contribution in [0.4, 0.5) is 5.69 Å². The highest BCUT2D eigenvalue weighted by molar-refractivity contribution is 5.95. The Morgan fingerprint density at radius 3 is 2.42 bits per heavy atom. The number of benzene rings is 2. The fourth-order valence-electron chi connectivity index (χ4n) is 3.32. The number of hydrogen-bond acceptors (Lipinski definition) is 2. The molecule has 3 rings (SSSR count). The lowest BCUT2D eigenvalue weighted by molar-refractivity contribution is -0.132. The molecule has 0 radical (unpaired) electrons. The summed E-state index contributed by atoms with van der Waals surface area (Å²) < 4.78 is 0. The number of anilines is 1. The maximum atomic E-state index is 12.6. The number of likely N-dealkylation sites (tertiary alicyclic amines) is 1. The monoisotopic (exact) mass is 322 g/mol. The van der Waals surface area contributed by atoms with Crippen LogP contribution in [-0.4, -0.2) is 29.8 Å². The van der Waals surface area contributed by atoms with E-state index in [1.165, 1.54) is 5.56 Å². The molecule has 1 aliphatic rings. The second kappa shape index (κ2) is 7.77. The second-order valence-corrected chi connectivity index (χ2v) is 6.29. The Morgan fingerprint density at radius 2 is 1.75 bits per heavy atom. The fraction of sp³-hybridized carbons (Fsp3) is 0.300. The van der Waals surface area contributed by atoms with E-state index in [1.807, 2.05) is 48.5 Å². The summed E-state index contributed by atoms with van der Waals surface area (Å²) in [5.74, 6) is 0.307. The van der Waals surface area contributed by atoms with Gasteiger partial charge in [0.15, 0.2) is 0 Å². The van der Waals surface area contributed by atoms with Crippen molar-refractivity contribution >= 4 is 18.0 Å². The van der Waals surface area contributed by atoms with Gasteiger partial charge in [0.05, 0.1) is 0 Å². The Bertz CT molecular complexity index is 673. The van der Waals surface area contributed by atoms with Crippen LogP contribution in [-0.2, 0) is 16.0 Å². The summed E-state index contributed by atoms with van der Waals surface area (Å²) in [5.41, 5.74) is 2.04. The summed E-state index contributed by atoms with van der Waals surface area (Å²) >= 11 is 0. The summed E-state index contributed by atoms with van der Waals surface area (Å²) in [6, 6.07) is 19.3. The average molecular weight is 322 g/mol. The van der Waals surface area contributed by atoms with Crippen LogP contribution in [0.25, 0.3) is 0 Å². The number of nitrogens with one attached hydrogen (secondary N) is 1. The Hall–Kier alpha value is -2.62.